The van der Waals surface area contributed by atoms with Crippen molar-refractivity contribution < 1.29 is 0 Å². The summed E-state index contributed by atoms with van der Waals surface area (Å²) < 4.78 is 1.98. The van der Waals surface area contributed by atoms with E-state index in [1.165, 1.54) is 15.3 Å². The molecule has 2 N–H and O–H groups in total. The van der Waals surface area contributed by atoms with Crippen molar-refractivity contribution in [3.8, 4) is 0 Å². The van der Waals surface area contributed by atoms with E-state index in [9.17, 15) is 0 Å². The number of aromatic nitrogens is 3. The lowest BCUT2D eigenvalue weighted by molar-refractivity contribution is 0.715. The molecule has 6 nitrogen and oxygen atoms in total. The molecule has 0 radical (unpaired) electrons. The first-order valence-corrected chi connectivity index (χ1v) is 9.40. The van der Waals surface area contributed by atoms with Gasteiger partial charge in [-0.3, -0.25) is 0 Å². The van der Waals surface area contributed by atoms with Crippen LogP contribution in [-0.4, -0.2) is 20.7 Å². The number of rotatable bonds is 6. The van der Waals surface area contributed by atoms with Crippen molar-refractivity contribution in [2.24, 2.45) is 12.0 Å². The van der Waals surface area contributed by atoms with Gasteiger partial charge >= 0.3 is 0 Å². The molecule has 26 heavy (non-hydrogen) atoms. The van der Waals surface area contributed by atoms with Crippen LogP contribution >= 0.6 is 11.3 Å². The van der Waals surface area contributed by atoms with E-state index in [1.807, 2.05) is 36.7 Å². The van der Waals surface area contributed by atoms with Crippen LogP contribution in [0.15, 0.2) is 47.5 Å². The number of nitrogens with zero attached hydrogens (tertiary/aromatic N) is 4. The molecule has 0 unspecified atom stereocenters. The number of hydrogen-bond donors (Lipinski definition) is 2. The van der Waals surface area contributed by atoms with Gasteiger partial charge in [-0.2, -0.15) is 0 Å². The Labute approximate surface area is 158 Å². The molecule has 136 valence electrons. The van der Waals surface area contributed by atoms with Gasteiger partial charge in [0.05, 0.1) is 19.6 Å². The molecule has 3 aromatic rings. The fraction of sp³-hybridized carbons (Fsp3) is 0.316. The highest BCUT2D eigenvalue weighted by Gasteiger charge is 2.07. The Morgan fingerprint density at radius 2 is 1.81 bits per heavy atom. The second kappa shape index (κ2) is 8.62. The van der Waals surface area contributed by atoms with Crippen LogP contribution in [0.4, 0.5) is 0 Å². The minimum atomic E-state index is 0.571. The Balaban J connectivity index is 1.66. The minimum absolute atomic E-state index is 0.571. The van der Waals surface area contributed by atoms with Crippen molar-refractivity contribution in [3.63, 3.8) is 0 Å². The van der Waals surface area contributed by atoms with Crippen LogP contribution < -0.4 is 10.6 Å². The first-order chi connectivity index (χ1) is 12.6. The Morgan fingerprint density at radius 1 is 1.04 bits per heavy atom. The summed E-state index contributed by atoms with van der Waals surface area (Å²) in [5.74, 6) is 2.54. The van der Waals surface area contributed by atoms with E-state index in [1.54, 1.807) is 11.3 Å². The van der Waals surface area contributed by atoms with Crippen LogP contribution in [0.3, 0.4) is 0 Å². The first-order valence-electron chi connectivity index (χ1n) is 8.58. The van der Waals surface area contributed by atoms with Gasteiger partial charge in [-0.25, -0.2) is 4.99 Å². The molecule has 0 atom stereocenters. The van der Waals surface area contributed by atoms with Gasteiger partial charge in [0.1, 0.15) is 5.82 Å². The normalized spacial score (nSPS) is 11.6. The molecular weight excluding hydrogens is 344 g/mol. The number of guanidine groups is 1. The Kier molecular flexibility index (Phi) is 6.01. The highest BCUT2D eigenvalue weighted by molar-refractivity contribution is 7.11. The summed E-state index contributed by atoms with van der Waals surface area (Å²) in [4.78, 5) is 7.30. The average molecular weight is 369 g/mol. The standard InChI is InChI=1S/C19H24N6S/c1-14-9-10-17(26-14)12-21-19(20-11-16-7-5-4-6-8-16)22-13-18-24-23-15(2)25(18)3/h4-10H,11-13H2,1-3H3,(H2,20,21,22). The third kappa shape index (κ3) is 4.92. The van der Waals surface area contributed by atoms with Gasteiger partial charge in [0.2, 0.25) is 0 Å². The zero-order chi connectivity index (χ0) is 18.4. The predicted molar refractivity (Wildman–Crippen MR) is 106 cm³/mol. The van der Waals surface area contributed by atoms with E-state index in [0.717, 1.165) is 24.2 Å². The van der Waals surface area contributed by atoms with Gasteiger partial charge in [0.25, 0.3) is 0 Å². The number of nitrogens with one attached hydrogen (secondary N) is 2. The molecule has 0 bridgehead atoms. The number of benzene rings is 1. The van der Waals surface area contributed by atoms with Crippen LogP contribution in [0.25, 0.3) is 0 Å². The fourth-order valence-electron chi connectivity index (χ4n) is 2.45. The van der Waals surface area contributed by atoms with Crippen molar-refractivity contribution >= 4 is 17.3 Å². The third-order valence-electron chi connectivity index (χ3n) is 4.09. The molecule has 2 aromatic heterocycles. The van der Waals surface area contributed by atoms with Crippen molar-refractivity contribution in [1.29, 1.82) is 0 Å². The SMILES string of the molecule is Cc1ccc(CNC(=NCc2ccccc2)NCc2nnc(C)n2C)s1. The van der Waals surface area contributed by atoms with Crippen LogP contribution in [-0.2, 0) is 26.7 Å². The van der Waals surface area contributed by atoms with E-state index in [-0.39, 0.29) is 0 Å². The summed E-state index contributed by atoms with van der Waals surface area (Å²) >= 11 is 1.79. The van der Waals surface area contributed by atoms with E-state index < -0.39 is 0 Å². The van der Waals surface area contributed by atoms with E-state index in [0.29, 0.717) is 13.1 Å². The zero-order valence-electron chi connectivity index (χ0n) is 15.4. The Hall–Kier alpha value is -2.67. The maximum absolute atomic E-state index is 4.71. The number of aryl methyl sites for hydroxylation is 2. The van der Waals surface area contributed by atoms with Crippen LogP contribution in [0, 0.1) is 13.8 Å². The summed E-state index contributed by atoms with van der Waals surface area (Å²) in [6.45, 7) is 6.00. The summed E-state index contributed by atoms with van der Waals surface area (Å²) in [7, 11) is 1.97. The second-order valence-electron chi connectivity index (χ2n) is 6.09. The van der Waals surface area contributed by atoms with Gasteiger partial charge < -0.3 is 15.2 Å². The fourth-order valence-corrected chi connectivity index (χ4v) is 3.28. The van der Waals surface area contributed by atoms with Gasteiger partial charge in [-0.1, -0.05) is 30.3 Å². The molecule has 0 aliphatic carbocycles. The van der Waals surface area contributed by atoms with Crippen molar-refractivity contribution in [2.75, 3.05) is 0 Å². The molecule has 0 aliphatic rings. The Bertz CT molecular complexity index is 865. The Morgan fingerprint density at radius 3 is 2.46 bits per heavy atom. The lowest BCUT2D eigenvalue weighted by Gasteiger charge is -2.12. The molecule has 0 fully saturated rings. The van der Waals surface area contributed by atoms with Crippen molar-refractivity contribution in [3.05, 3.63) is 69.4 Å². The average Bonchev–Trinajstić information content (AvgIpc) is 3.21. The lowest BCUT2D eigenvalue weighted by Crippen LogP contribution is -2.37. The molecule has 3 rings (SSSR count). The number of thiophene rings is 1. The molecular formula is C19H24N6S. The molecule has 0 aliphatic heterocycles. The quantitative estimate of drug-likeness (QED) is 0.519. The number of aliphatic imine (C=N–C) groups is 1. The molecule has 1 aromatic carbocycles. The maximum atomic E-state index is 4.71. The van der Waals surface area contributed by atoms with Gasteiger partial charge in [0, 0.05) is 16.8 Å². The molecule has 0 amide bonds. The summed E-state index contributed by atoms with van der Waals surface area (Å²) in [5.41, 5.74) is 1.18. The highest BCUT2D eigenvalue weighted by Crippen LogP contribution is 2.14. The van der Waals surface area contributed by atoms with E-state index in [2.05, 4.69) is 52.0 Å². The number of hydrogen-bond acceptors (Lipinski definition) is 4. The largest absolute Gasteiger partial charge is 0.351 e. The van der Waals surface area contributed by atoms with Gasteiger partial charge in [-0.05, 0) is 31.5 Å². The summed E-state index contributed by atoms with van der Waals surface area (Å²) in [6.07, 6.45) is 0. The first kappa shape index (κ1) is 18.1. The topological polar surface area (TPSA) is 67.1 Å². The molecule has 0 saturated heterocycles. The molecule has 0 saturated carbocycles. The van der Waals surface area contributed by atoms with Crippen LogP contribution in [0.2, 0.25) is 0 Å². The van der Waals surface area contributed by atoms with Crippen LogP contribution in [0.1, 0.15) is 27.0 Å². The van der Waals surface area contributed by atoms with Crippen molar-refractivity contribution in [1.82, 2.24) is 25.4 Å². The lowest BCUT2D eigenvalue weighted by atomic mass is 10.2. The maximum Gasteiger partial charge on any atom is 0.192 e. The summed E-state index contributed by atoms with van der Waals surface area (Å²) in [5, 5.41) is 15.1. The highest BCUT2D eigenvalue weighted by atomic mass is 32.1. The second-order valence-corrected chi connectivity index (χ2v) is 7.46. The van der Waals surface area contributed by atoms with E-state index in [4.69, 9.17) is 4.99 Å². The predicted octanol–water partition coefficient (Wildman–Crippen LogP) is 2.93. The molecule has 0 spiro atoms. The monoisotopic (exact) mass is 368 g/mol. The van der Waals surface area contributed by atoms with Crippen molar-refractivity contribution in [2.45, 2.75) is 33.5 Å². The molecule has 7 heteroatoms. The summed E-state index contributed by atoms with van der Waals surface area (Å²) in [6, 6.07) is 14.5. The molecule has 2 heterocycles. The smallest absolute Gasteiger partial charge is 0.192 e. The van der Waals surface area contributed by atoms with E-state index >= 15 is 0 Å². The van der Waals surface area contributed by atoms with Gasteiger partial charge in [0.15, 0.2) is 11.8 Å². The third-order valence-corrected chi connectivity index (χ3v) is 5.09. The van der Waals surface area contributed by atoms with Crippen LogP contribution in [0.5, 0.6) is 0 Å². The zero-order valence-corrected chi connectivity index (χ0v) is 16.2. The minimum Gasteiger partial charge on any atom is -0.351 e. The van der Waals surface area contributed by atoms with Gasteiger partial charge in [-0.15, -0.1) is 21.5 Å².